The quantitative estimate of drug-likeness (QED) is 0.735. The van der Waals surface area contributed by atoms with Gasteiger partial charge in [0.05, 0.1) is 12.2 Å². The average Bonchev–Trinajstić information content (AvgIpc) is 2.16. The van der Waals surface area contributed by atoms with E-state index in [9.17, 15) is 4.79 Å². The van der Waals surface area contributed by atoms with E-state index >= 15 is 0 Å². The largest absolute Gasteiger partial charge is 0.462 e. The maximum Gasteiger partial charge on any atom is 0.338 e. The molecule has 0 saturated heterocycles. The summed E-state index contributed by atoms with van der Waals surface area (Å²) in [6.45, 7) is 8.39. The minimum absolute atomic E-state index is 0.0356. The van der Waals surface area contributed by atoms with Crippen LogP contribution in [0.25, 0.3) is 0 Å². The molecule has 0 aromatic heterocycles. The van der Waals surface area contributed by atoms with E-state index in [2.05, 4.69) is 20.8 Å². The van der Waals surface area contributed by atoms with E-state index in [1.54, 1.807) is 13.0 Å². The van der Waals surface area contributed by atoms with Gasteiger partial charge in [0.25, 0.3) is 0 Å². The molecule has 0 fully saturated rings. The van der Waals surface area contributed by atoms with Crippen LogP contribution < -0.4 is 0 Å². The van der Waals surface area contributed by atoms with Crippen LogP contribution in [0.5, 0.6) is 0 Å². The second kappa shape index (κ2) is 4.88. The summed E-state index contributed by atoms with van der Waals surface area (Å²) in [6.07, 6.45) is 0. The van der Waals surface area contributed by atoms with Crippen molar-refractivity contribution in [3.05, 3.63) is 34.3 Å². The topological polar surface area (TPSA) is 26.3 Å². The van der Waals surface area contributed by atoms with Crippen LogP contribution in [-0.4, -0.2) is 12.6 Å². The number of carbonyl (C=O) groups excluding carboxylic acids is 1. The number of hydrogen-bond acceptors (Lipinski definition) is 2. The fraction of sp³-hybridized carbons (Fsp3) is 0.462. The van der Waals surface area contributed by atoms with Crippen LogP contribution in [0.15, 0.2) is 18.2 Å². The van der Waals surface area contributed by atoms with E-state index in [1.807, 2.05) is 12.1 Å². The van der Waals surface area contributed by atoms with Gasteiger partial charge in [0.15, 0.2) is 0 Å². The zero-order chi connectivity index (χ0) is 12.3. The molecule has 88 valence electrons. The van der Waals surface area contributed by atoms with Crippen molar-refractivity contribution in [2.24, 2.45) is 0 Å². The first-order valence-electron chi connectivity index (χ1n) is 5.33. The average molecular weight is 241 g/mol. The molecule has 0 unspecified atom stereocenters. The van der Waals surface area contributed by atoms with Gasteiger partial charge in [-0.15, -0.1) is 0 Å². The fourth-order valence-electron chi connectivity index (χ4n) is 1.35. The summed E-state index contributed by atoms with van der Waals surface area (Å²) in [5.74, 6) is -0.324. The zero-order valence-electron chi connectivity index (χ0n) is 10.1. The molecule has 0 heterocycles. The van der Waals surface area contributed by atoms with Gasteiger partial charge < -0.3 is 4.74 Å². The Bertz CT molecular complexity index is 391. The Morgan fingerprint density at radius 1 is 1.31 bits per heavy atom. The molecule has 1 aromatic carbocycles. The van der Waals surface area contributed by atoms with Gasteiger partial charge in [-0.05, 0) is 36.1 Å². The summed E-state index contributed by atoms with van der Waals surface area (Å²) >= 11 is 5.99. The third-order valence-corrected chi connectivity index (χ3v) is 2.49. The molecule has 0 aliphatic rings. The van der Waals surface area contributed by atoms with Gasteiger partial charge >= 0.3 is 5.97 Å². The van der Waals surface area contributed by atoms with Crippen LogP contribution in [0.1, 0.15) is 43.6 Å². The number of hydrogen-bond donors (Lipinski definition) is 0. The van der Waals surface area contributed by atoms with Gasteiger partial charge in [0.2, 0.25) is 0 Å². The van der Waals surface area contributed by atoms with Crippen molar-refractivity contribution in [3.8, 4) is 0 Å². The predicted octanol–water partition coefficient (Wildman–Crippen LogP) is 3.81. The molecular weight excluding hydrogens is 224 g/mol. The normalized spacial score (nSPS) is 11.3. The van der Waals surface area contributed by atoms with Crippen molar-refractivity contribution in [3.63, 3.8) is 0 Å². The Morgan fingerprint density at radius 2 is 1.94 bits per heavy atom. The Morgan fingerprint density at radius 3 is 2.44 bits per heavy atom. The smallest absolute Gasteiger partial charge is 0.338 e. The Labute approximate surface area is 102 Å². The van der Waals surface area contributed by atoms with E-state index in [0.717, 1.165) is 5.56 Å². The van der Waals surface area contributed by atoms with Crippen LogP contribution in [0, 0.1) is 0 Å². The molecule has 0 aliphatic carbocycles. The molecule has 0 bridgehead atoms. The third kappa shape index (κ3) is 3.24. The lowest BCUT2D eigenvalue weighted by Gasteiger charge is -2.20. The van der Waals surface area contributed by atoms with Crippen LogP contribution in [0.2, 0.25) is 5.02 Å². The van der Waals surface area contributed by atoms with E-state index in [-0.39, 0.29) is 11.4 Å². The molecule has 0 radical (unpaired) electrons. The van der Waals surface area contributed by atoms with Gasteiger partial charge in [-0.1, -0.05) is 32.4 Å². The molecule has 0 N–H and O–H groups in total. The van der Waals surface area contributed by atoms with Gasteiger partial charge in [-0.3, -0.25) is 0 Å². The van der Waals surface area contributed by atoms with Crippen molar-refractivity contribution in [1.29, 1.82) is 0 Å². The Balaban J connectivity index is 3.13. The second-order valence-corrected chi connectivity index (χ2v) is 5.14. The summed E-state index contributed by atoms with van der Waals surface area (Å²) < 4.78 is 4.95. The molecule has 1 rings (SSSR count). The summed E-state index contributed by atoms with van der Waals surface area (Å²) in [5, 5.41) is 0.565. The molecule has 1 aromatic rings. The highest BCUT2D eigenvalue weighted by atomic mass is 35.5. The lowest BCUT2D eigenvalue weighted by atomic mass is 9.86. The number of carbonyl (C=O) groups is 1. The maximum absolute atomic E-state index is 11.6. The highest BCUT2D eigenvalue weighted by Crippen LogP contribution is 2.26. The molecule has 0 spiro atoms. The molecule has 3 heteroatoms. The molecule has 2 nitrogen and oxygen atoms in total. The minimum Gasteiger partial charge on any atom is -0.462 e. The van der Waals surface area contributed by atoms with Crippen molar-refractivity contribution in [1.82, 2.24) is 0 Å². The number of benzene rings is 1. The second-order valence-electron chi connectivity index (χ2n) is 4.70. The van der Waals surface area contributed by atoms with Crippen LogP contribution in [0.4, 0.5) is 0 Å². The van der Waals surface area contributed by atoms with Crippen molar-refractivity contribution < 1.29 is 9.53 Å². The molecule has 16 heavy (non-hydrogen) atoms. The molecule has 0 atom stereocenters. The van der Waals surface area contributed by atoms with E-state index in [1.165, 1.54) is 0 Å². The molecule has 0 amide bonds. The van der Waals surface area contributed by atoms with Crippen molar-refractivity contribution >= 4 is 17.6 Å². The van der Waals surface area contributed by atoms with Crippen LogP contribution in [-0.2, 0) is 10.2 Å². The van der Waals surface area contributed by atoms with Gasteiger partial charge in [0, 0.05) is 5.02 Å². The number of halogens is 1. The van der Waals surface area contributed by atoms with Gasteiger partial charge in [0.1, 0.15) is 0 Å². The first-order chi connectivity index (χ1) is 7.34. The fourth-order valence-corrected chi connectivity index (χ4v) is 1.59. The minimum atomic E-state index is -0.324. The highest BCUT2D eigenvalue weighted by molar-refractivity contribution is 6.31. The van der Waals surface area contributed by atoms with E-state index in [4.69, 9.17) is 16.3 Å². The monoisotopic (exact) mass is 240 g/mol. The predicted molar refractivity (Wildman–Crippen MR) is 66.1 cm³/mol. The maximum atomic E-state index is 11.6. The zero-order valence-corrected chi connectivity index (χ0v) is 10.9. The number of esters is 1. The van der Waals surface area contributed by atoms with Gasteiger partial charge in [-0.2, -0.15) is 0 Å². The Kier molecular flexibility index (Phi) is 3.98. The first-order valence-corrected chi connectivity index (χ1v) is 5.70. The molecule has 0 aliphatic heterocycles. The molecular formula is C13H17ClO2. The van der Waals surface area contributed by atoms with E-state index in [0.29, 0.717) is 17.2 Å². The summed E-state index contributed by atoms with van der Waals surface area (Å²) in [5.41, 5.74) is 1.51. The summed E-state index contributed by atoms with van der Waals surface area (Å²) in [6, 6.07) is 5.35. The van der Waals surface area contributed by atoms with Crippen molar-refractivity contribution in [2.75, 3.05) is 6.61 Å². The Hall–Kier alpha value is -1.02. The lowest BCUT2D eigenvalue weighted by Crippen LogP contribution is -2.13. The third-order valence-electron chi connectivity index (χ3n) is 2.27. The molecule has 0 saturated carbocycles. The van der Waals surface area contributed by atoms with Crippen LogP contribution in [0.3, 0.4) is 0 Å². The lowest BCUT2D eigenvalue weighted by molar-refractivity contribution is 0.0526. The highest BCUT2D eigenvalue weighted by Gasteiger charge is 2.17. The SMILES string of the molecule is CCOC(=O)c1cc(Cl)cc(C(C)(C)C)c1. The van der Waals surface area contributed by atoms with E-state index < -0.39 is 0 Å². The summed E-state index contributed by atoms with van der Waals surface area (Å²) in [4.78, 5) is 11.6. The van der Waals surface area contributed by atoms with Gasteiger partial charge in [-0.25, -0.2) is 4.79 Å². The van der Waals surface area contributed by atoms with Crippen LogP contribution >= 0.6 is 11.6 Å². The summed E-state index contributed by atoms with van der Waals surface area (Å²) in [7, 11) is 0. The number of ether oxygens (including phenoxy) is 1. The number of rotatable bonds is 2. The first kappa shape index (κ1) is 13.0. The standard InChI is InChI=1S/C13H17ClO2/c1-5-16-12(15)9-6-10(13(2,3)4)8-11(14)7-9/h6-8H,5H2,1-4H3. The van der Waals surface area contributed by atoms with Crippen molar-refractivity contribution in [2.45, 2.75) is 33.1 Å².